The fourth-order valence-electron chi connectivity index (χ4n) is 2.05. The Labute approximate surface area is 107 Å². The average molecular weight is 253 g/mol. The fraction of sp³-hybridized carbons (Fsp3) is 0.538. The van der Waals surface area contributed by atoms with Crippen molar-refractivity contribution in [1.82, 2.24) is 0 Å². The van der Waals surface area contributed by atoms with Crippen LogP contribution in [-0.4, -0.2) is 22.5 Å². The topological polar surface area (TPSA) is 26.0 Å². The number of rotatable bonds is 2. The number of hydrogen-bond donors (Lipinski definition) is 1. The van der Waals surface area contributed by atoms with E-state index in [1.807, 2.05) is 23.5 Å². The van der Waals surface area contributed by atoms with E-state index in [1.165, 1.54) is 33.9 Å². The predicted octanol–water partition coefficient (Wildman–Crippen LogP) is 3.15. The van der Waals surface area contributed by atoms with Gasteiger partial charge in [-0.05, 0) is 30.5 Å². The van der Waals surface area contributed by atoms with E-state index in [1.54, 1.807) is 0 Å². The molecule has 0 amide bonds. The van der Waals surface area contributed by atoms with Gasteiger partial charge >= 0.3 is 0 Å². The molecule has 1 aliphatic heterocycles. The van der Waals surface area contributed by atoms with Crippen molar-refractivity contribution in [2.75, 3.05) is 17.3 Å². The maximum Gasteiger partial charge on any atom is 0.0426 e. The van der Waals surface area contributed by atoms with Crippen LogP contribution >= 0.6 is 23.5 Å². The Morgan fingerprint density at radius 1 is 1.31 bits per heavy atom. The molecule has 2 rings (SSSR count). The Kier molecular flexibility index (Phi) is 4.22. The first-order valence-corrected chi connectivity index (χ1v) is 7.91. The van der Waals surface area contributed by atoms with Crippen LogP contribution in [0.25, 0.3) is 0 Å². The standard InChI is InChI=1S/C13H19NS2/c1-9-4-3-5-11(10(9)2)13(14)12-8-15-6-7-16-12/h3-5,12-13H,6-8,14H2,1-2H3. The number of nitrogens with two attached hydrogens (primary N) is 1. The maximum atomic E-state index is 6.41. The van der Waals surface area contributed by atoms with Gasteiger partial charge in [0.1, 0.15) is 0 Å². The van der Waals surface area contributed by atoms with Gasteiger partial charge in [-0.1, -0.05) is 18.2 Å². The molecule has 2 atom stereocenters. The van der Waals surface area contributed by atoms with Gasteiger partial charge < -0.3 is 5.73 Å². The van der Waals surface area contributed by atoms with Crippen LogP contribution in [0.3, 0.4) is 0 Å². The summed E-state index contributed by atoms with van der Waals surface area (Å²) in [6.45, 7) is 4.35. The first-order chi connectivity index (χ1) is 7.70. The number of thioether (sulfide) groups is 2. The van der Waals surface area contributed by atoms with Gasteiger partial charge in [-0.15, -0.1) is 0 Å². The van der Waals surface area contributed by atoms with Gasteiger partial charge in [-0.3, -0.25) is 0 Å². The lowest BCUT2D eigenvalue weighted by atomic mass is 9.96. The van der Waals surface area contributed by atoms with Crippen molar-refractivity contribution >= 4 is 23.5 Å². The van der Waals surface area contributed by atoms with Crippen molar-refractivity contribution < 1.29 is 0 Å². The maximum absolute atomic E-state index is 6.41. The van der Waals surface area contributed by atoms with Gasteiger partial charge in [0.15, 0.2) is 0 Å². The zero-order valence-corrected chi connectivity index (χ0v) is 11.5. The Balaban J connectivity index is 2.19. The molecule has 0 bridgehead atoms. The summed E-state index contributed by atoms with van der Waals surface area (Å²) >= 11 is 4.07. The van der Waals surface area contributed by atoms with Crippen LogP contribution in [0.4, 0.5) is 0 Å². The number of benzene rings is 1. The lowest BCUT2D eigenvalue weighted by Crippen LogP contribution is -2.29. The number of aryl methyl sites for hydroxylation is 1. The van der Waals surface area contributed by atoms with Gasteiger partial charge in [0.05, 0.1) is 0 Å². The molecule has 1 aromatic carbocycles. The molecule has 1 saturated heterocycles. The third-order valence-corrected chi connectivity index (χ3v) is 6.13. The minimum absolute atomic E-state index is 0.192. The summed E-state index contributed by atoms with van der Waals surface area (Å²) in [5.41, 5.74) is 10.5. The van der Waals surface area contributed by atoms with Crippen LogP contribution in [0.5, 0.6) is 0 Å². The predicted molar refractivity (Wildman–Crippen MR) is 76.4 cm³/mol. The summed E-state index contributed by atoms with van der Waals surface area (Å²) in [4.78, 5) is 0. The lowest BCUT2D eigenvalue weighted by molar-refractivity contribution is 0.713. The molecular formula is C13H19NS2. The summed E-state index contributed by atoms with van der Waals surface area (Å²) in [6.07, 6.45) is 0. The van der Waals surface area contributed by atoms with E-state index in [-0.39, 0.29) is 6.04 Å². The molecule has 1 aliphatic rings. The Bertz CT molecular complexity index is 359. The quantitative estimate of drug-likeness (QED) is 0.877. The second kappa shape index (κ2) is 5.48. The lowest BCUT2D eigenvalue weighted by Gasteiger charge is -2.28. The minimum Gasteiger partial charge on any atom is -0.323 e. The monoisotopic (exact) mass is 253 g/mol. The highest BCUT2D eigenvalue weighted by Gasteiger charge is 2.23. The molecule has 0 aliphatic carbocycles. The average Bonchev–Trinajstić information content (AvgIpc) is 2.33. The largest absolute Gasteiger partial charge is 0.323 e. The van der Waals surface area contributed by atoms with Gasteiger partial charge in [0.2, 0.25) is 0 Å². The van der Waals surface area contributed by atoms with E-state index in [4.69, 9.17) is 5.73 Å². The van der Waals surface area contributed by atoms with Gasteiger partial charge in [-0.2, -0.15) is 23.5 Å². The normalized spacial score (nSPS) is 23.1. The van der Waals surface area contributed by atoms with E-state index >= 15 is 0 Å². The molecule has 1 aromatic rings. The Hall–Kier alpha value is -0.120. The smallest absolute Gasteiger partial charge is 0.0426 e. The van der Waals surface area contributed by atoms with Gasteiger partial charge in [0, 0.05) is 28.6 Å². The van der Waals surface area contributed by atoms with Crippen molar-refractivity contribution in [1.29, 1.82) is 0 Å². The molecule has 3 heteroatoms. The second-order valence-corrected chi connectivity index (χ2v) is 6.80. The van der Waals surface area contributed by atoms with E-state index in [9.17, 15) is 0 Å². The molecule has 1 heterocycles. The minimum atomic E-state index is 0.192. The molecule has 88 valence electrons. The zero-order valence-electron chi connectivity index (χ0n) is 9.90. The Morgan fingerprint density at radius 3 is 2.81 bits per heavy atom. The third kappa shape index (κ3) is 2.58. The zero-order chi connectivity index (χ0) is 11.5. The van der Waals surface area contributed by atoms with Crippen molar-refractivity contribution in [2.45, 2.75) is 25.1 Å². The molecule has 2 N–H and O–H groups in total. The van der Waals surface area contributed by atoms with Crippen LogP contribution < -0.4 is 5.73 Å². The summed E-state index contributed by atoms with van der Waals surface area (Å²) in [5.74, 6) is 3.72. The molecule has 1 fully saturated rings. The highest BCUT2D eigenvalue weighted by Crippen LogP contribution is 2.33. The SMILES string of the molecule is Cc1cccc(C(N)C2CSCCS2)c1C. The van der Waals surface area contributed by atoms with Crippen LogP contribution in [0.1, 0.15) is 22.7 Å². The molecule has 1 nitrogen and oxygen atoms in total. The van der Waals surface area contributed by atoms with Crippen LogP contribution in [0, 0.1) is 13.8 Å². The van der Waals surface area contributed by atoms with E-state index in [2.05, 4.69) is 32.0 Å². The molecule has 0 radical (unpaired) electrons. The first kappa shape index (κ1) is 12.3. The molecule has 16 heavy (non-hydrogen) atoms. The first-order valence-electron chi connectivity index (χ1n) is 5.71. The highest BCUT2D eigenvalue weighted by atomic mass is 32.2. The van der Waals surface area contributed by atoms with E-state index < -0.39 is 0 Å². The van der Waals surface area contributed by atoms with Crippen molar-refractivity contribution in [3.8, 4) is 0 Å². The van der Waals surface area contributed by atoms with Crippen LogP contribution in [0.2, 0.25) is 0 Å². The van der Waals surface area contributed by atoms with E-state index in [0.29, 0.717) is 5.25 Å². The third-order valence-electron chi connectivity index (χ3n) is 3.25. The molecule has 0 aromatic heterocycles. The van der Waals surface area contributed by atoms with E-state index in [0.717, 1.165) is 0 Å². The highest BCUT2D eigenvalue weighted by molar-refractivity contribution is 8.06. The summed E-state index contributed by atoms with van der Waals surface area (Å²) in [7, 11) is 0. The number of hydrogen-bond acceptors (Lipinski definition) is 3. The molecule has 0 spiro atoms. The summed E-state index contributed by atoms with van der Waals surface area (Å²) < 4.78 is 0. The van der Waals surface area contributed by atoms with Gasteiger partial charge in [0.25, 0.3) is 0 Å². The summed E-state index contributed by atoms with van der Waals surface area (Å²) in [5, 5.41) is 0.583. The van der Waals surface area contributed by atoms with Gasteiger partial charge in [-0.25, -0.2) is 0 Å². The fourth-order valence-corrected chi connectivity index (χ4v) is 4.84. The molecular weight excluding hydrogens is 234 g/mol. The van der Waals surface area contributed by atoms with Crippen LogP contribution in [-0.2, 0) is 0 Å². The molecule has 0 saturated carbocycles. The molecule has 2 unspecified atom stereocenters. The van der Waals surface area contributed by atoms with Crippen molar-refractivity contribution in [3.63, 3.8) is 0 Å². The van der Waals surface area contributed by atoms with Crippen LogP contribution in [0.15, 0.2) is 18.2 Å². The summed E-state index contributed by atoms with van der Waals surface area (Å²) in [6, 6.07) is 6.66. The Morgan fingerprint density at radius 2 is 2.12 bits per heavy atom. The van der Waals surface area contributed by atoms with Crippen molar-refractivity contribution in [2.24, 2.45) is 5.73 Å². The second-order valence-electron chi connectivity index (χ2n) is 4.30. The van der Waals surface area contributed by atoms with Crippen molar-refractivity contribution in [3.05, 3.63) is 34.9 Å².